The lowest BCUT2D eigenvalue weighted by molar-refractivity contribution is 0.0947. The van der Waals surface area contributed by atoms with Gasteiger partial charge in [0.25, 0.3) is 5.91 Å². The molecule has 6 nitrogen and oxygen atoms in total. The van der Waals surface area contributed by atoms with Crippen LogP contribution in [0.25, 0.3) is 0 Å². The third-order valence-electron chi connectivity index (χ3n) is 3.27. The quantitative estimate of drug-likeness (QED) is 0.687. The van der Waals surface area contributed by atoms with E-state index < -0.39 is 10.0 Å². The molecule has 0 spiro atoms. The van der Waals surface area contributed by atoms with Gasteiger partial charge in [-0.1, -0.05) is 11.6 Å². The highest BCUT2D eigenvalue weighted by Gasteiger charge is 2.08. The zero-order valence-corrected chi connectivity index (χ0v) is 15.2. The van der Waals surface area contributed by atoms with E-state index in [1.54, 1.807) is 55.5 Å². The van der Waals surface area contributed by atoms with E-state index in [1.807, 2.05) is 0 Å². The van der Waals surface area contributed by atoms with Crippen LogP contribution in [-0.4, -0.2) is 33.2 Å². The van der Waals surface area contributed by atoms with E-state index in [9.17, 15) is 13.2 Å². The largest absolute Gasteiger partial charge is 0.492 e. The predicted molar refractivity (Wildman–Crippen MR) is 98.8 cm³/mol. The number of amides is 1. The molecule has 0 bridgehead atoms. The van der Waals surface area contributed by atoms with Gasteiger partial charge in [0.15, 0.2) is 0 Å². The Labute approximate surface area is 152 Å². The van der Waals surface area contributed by atoms with Crippen LogP contribution < -0.4 is 14.8 Å². The number of hydrogen-bond donors (Lipinski definition) is 2. The highest BCUT2D eigenvalue weighted by molar-refractivity contribution is 7.92. The Hall–Kier alpha value is -2.25. The van der Waals surface area contributed by atoms with Crippen molar-refractivity contribution in [1.82, 2.24) is 5.32 Å². The highest BCUT2D eigenvalue weighted by atomic mass is 35.5. The topological polar surface area (TPSA) is 84.5 Å². The van der Waals surface area contributed by atoms with Gasteiger partial charge in [-0.15, -0.1) is 0 Å². The van der Waals surface area contributed by atoms with Crippen LogP contribution in [-0.2, 0) is 10.0 Å². The molecule has 1 amide bonds. The summed E-state index contributed by atoms with van der Waals surface area (Å²) in [6.07, 6.45) is 0. The summed E-state index contributed by atoms with van der Waals surface area (Å²) in [6, 6.07) is 13.2. The SMILES string of the molecule is CCS(=O)(=O)Nc1ccc(C(=O)NCCOc2ccc(Cl)cc2)cc1. The van der Waals surface area contributed by atoms with Crippen molar-refractivity contribution in [3.8, 4) is 5.75 Å². The summed E-state index contributed by atoms with van der Waals surface area (Å²) < 4.78 is 30.9. The summed E-state index contributed by atoms with van der Waals surface area (Å²) in [5, 5.41) is 3.36. The third kappa shape index (κ3) is 6.28. The molecule has 0 aliphatic heterocycles. The van der Waals surface area contributed by atoms with E-state index in [0.29, 0.717) is 35.2 Å². The van der Waals surface area contributed by atoms with Crippen molar-refractivity contribution in [2.75, 3.05) is 23.6 Å². The molecule has 0 atom stereocenters. The number of sulfonamides is 1. The predicted octanol–water partition coefficient (Wildman–Crippen LogP) is 2.91. The van der Waals surface area contributed by atoms with E-state index >= 15 is 0 Å². The minimum atomic E-state index is -3.33. The summed E-state index contributed by atoms with van der Waals surface area (Å²) in [5.74, 6) is 0.402. The van der Waals surface area contributed by atoms with Gasteiger partial charge in [0, 0.05) is 16.3 Å². The third-order valence-corrected chi connectivity index (χ3v) is 4.83. The average Bonchev–Trinajstić information content (AvgIpc) is 2.60. The molecule has 0 radical (unpaired) electrons. The molecule has 0 unspecified atom stereocenters. The molecular weight excluding hydrogens is 364 g/mol. The maximum atomic E-state index is 12.0. The lowest BCUT2D eigenvalue weighted by Crippen LogP contribution is -2.28. The molecule has 0 aromatic heterocycles. The molecule has 134 valence electrons. The van der Waals surface area contributed by atoms with Gasteiger partial charge in [0.05, 0.1) is 12.3 Å². The van der Waals surface area contributed by atoms with Crippen LogP contribution in [0.5, 0.6) is 5.75 Å². The number of carbonyl (C=O) groups is 1. The number of anilines is 1. The van der Waals surface area contributed by atoms with Gasteiger partial charge in [0.2, 0.25) is 10.0 Å². The van der Waals surface area contributed by atoms with E-state index in [0.717, 1.165) is 0 Å². The summed E-state index contributed by atoms with van der Waals surface area (Å²) in [7, 11) is -3.33. The first-order valence-corrected chi connectivity index (χ1v) is 9.70. The van der Waals surface area contributed by atoms with Crippen molar-refractivity contribution in [3.05, 3.63) is 59.1 Å². The lowest BCUT2D eigenvalue weighted by Gasteiger charge is -2.09. The summed E-state index contributed by atoms with van der Waals surface area (Å²) in [6.45, 7) is 2.21. The van der Waals surface area contributed by atoms with Gasteiger partial charge in [-0.25, -0.2) is 8.42 Å². The van der Waals surface area contributed by atoms with Crippen molar-refractivity contribution in [3.63, 3.8) is 0 Å². The first kappa shape index (κ1) is 19.1. The molecule has 25 heavy (non-hydrogen) atoms. The normalized spacial score (nSPS) is 11.0. The van der Waals surface area contributed by atoms with Crippen LogP contribution >= 0.6 is 11.6 Å². The first-order valence-electron chi connectivity index (χ1n) is 7.67. The fraction of sp³-hybridized carbons (Fsp3) is 0.235. The van der Waals surface area contributed by atoms with Crippen molar-refractivity contribution in [1.29, 1.82) is 0 Å². The van der Waals surface area contributed by atoms with Crippen LogP contribution in [0.1, 0.15) is 17.3 Å². The van der Waals surface area contributed by atoms with Gasteiger partial charge < -0.3 is 10.1 Å². The highest BCUT2D eigenvalue weighted by Crippen LogP contribution is 2.15. The van der Waals surface area contributed by atoms with E-state index in [1.165, 1.54) is 0 Å². The maximum Gasteiger partial charge on any atom is 0.251 e. The molecule has 0 saturated carbocycles. The van der Waals surface area contributed by atoms with Gasteiger partial charge in [-0.3, -0.25) is 9.52 Å². The van der Waals surface area contributed by atoms with Crippen LogP contribution in [0, 0.1) is 0 Å². The molecule has 8 heteroatoms. The van der Waals surface area contributed by atoms with E-state index in [2.05, 4.69) is 10.0 Å². The Morgan fingerprint density at radius 2 is 1.72 bits per heavy atom. The standard InChI is InChI=1S/C17H19ClN2O4S/c1-2-25(22,23)20-15-7-3-13(4-8-15)17(21)19-11-12-24-16-9-5-14(18)6-10-16/h3-10,20H,2,11-12H2,1H3,(H,19,21). The molecule has 0 aliphatic rings. The van der Waals surface area contributed by atoms with Gasteiger partial charge in [0.1, 0.15) is 12.4 Å². The Balaban J connectivity index is 1.79. The number of ether oxygens (including phenoxy) is 1. The molecular formula is C17H19ClN2O4S. The second kappa shape index (κ2) is 8.73. The molecule has 2 N–H and O–H groups in total. The summed E-state index contributed by atoms with van der Waals surface area (Å²) >= 11 is 5.79. The van der Waals surface area contributed by atoms with Crippen molar-refractivity contribution in [2.24, 2.45) is 0 Å². The second-order valence-corrected chi connectivity index (χ2v) is 7.59. The van der Waals surface area contributed by atoms with Crippen LogP contribution in [0.15, 0.2) is 48.5 Å². The Kier molecular flexibility index (Phi) is 6.66. The summed E-state index contributed by atoms with van der Waals surface area (Å²) in [5.41, 5.74) is 0.857. The Bertz CT molecular complexity index is 806. The molecule has 0 saturated heterocycles. The Morgan fingerprint density at radius 3 is 2.32 bits per heavy atom. The fourth-order valence-electron chi connectivity index (χ4n) is 1.91. The number of halogens is 1. The fourth-order valence-corrected chi connectivity index (χ4v) is 2.67. The van der Waals surface area contributed by atoms with Crippen LogP contribution in [0.2, 0.25) is 5.02 Å². The minimum Gasteiger partial charge on any atom is -0.492 e. The molecule has 2 aromatic carbocycles. The summed E-state index contributed by atoms with van der Waals surface area (Å²) in [4.78, 5) is 12.0. The first-order chi connectivity index (χ1) is 11.9. The van der Waals surface area contributed by atoms with Crippen molar-refractivity contribution in [2.45, 2.75) is 6.92 Å². The molecule has 2 rings (SSSR count). The number of benzene rings is 2. The minimum absolute atomic E-state index is 0.0111. The van der Waals surface area contributed by atoms with E-state index in [-0.39, 0.29) is 11.7 Å². The second-order valence-electron chi connectivity index (χ2n) is 5.14. The number of nitrogens with one attached hydrogen (secondary N) is 2. The lowest BCUT2D eigenvalue weighted by atomic mass is 10.2. The molecule has 2 aromatic rings. The van der Waals surface area contributed by atoms with Crippen LogP contribution in [0.3, 0.4) is 0 Å². The van der Waals surface area contributed by atoms with E-state index in [4.69, 9.17) is 16.3 Å². The maximum absolute atomic E-state index is 12.0. The zero-order valence-electron chi connectivity index (χ0n) is 13.7. The Morgan fingerprint density at radius 1 is 1.08 bits per heavy atom. The molecule has 0 fully saturated rings. The monoisotopic (exact) mass is 382 g/mol. The van der Waals surface area contributed by atoms with Gasteiger partial charge in [-0.2, -0.15) is 0 Å². The number of hydrogen-bond acceptors (Lipinski definition) is 4. The molecule has 0 heterocycles. The van der Waals surface area contributed by atoms with Gasteiger partial charge in [-0.05, 0) is 55.5 Å². The number of rotatable bonds is 8. The van der Waals surface area contributed by atoms with Crippen molar-refractivity contribution < 1.29 is 17.9 Å². The van der Waals surface area contributed by atoms with Gasteiger partial charge >= 0.3 is 0 Å². The molecule has 0 aliphatic carbocycles. The number of carbonyl (C=O) groups excluding carboxylic acids is 1. The zero-order chi connectivity index (χ0) is 18.3. The smallest absolute Gasteiger partial charge is 0.251 e. The average molecular weight is 383 g/mol. The van der Waals surface area contributed by atoms with Crippen LogP contribution in [0.4, 0.5) is 5.69 Å². The van der Waals surface area contributed by atoms with Crippen molar-refractivity contribution >= 4 is 33.2 Å².